The topological polar surface area (TPSA) is 20.2 Å². The van der Waals surface area contributed by atoms with Crippen LogP contribution in [0.4, 0.5) is 4.39 Å². The van der Waals surface area contributed by atoms with E-state index < -0.39 is 6.10 Å². The smallest absolute Gasteiger partial charge is 0.126 e. The van der Waals surface area contributed by atoms with Crippen LogP contribution in [0.1, 0.15) is 31.7 Å². The molecule has 1 aromatic rings. The maximum atomic E-state index is 13.2. The summed E-state index contributed by atoms with van der Waals surface area (Å²) in [7, 11) is 0. The molecule has 0 aromatic heterocycles. The van der Waals surface area contributed by atoms with Gasteiger partial charge in [-0.05, 0) is 18.1 Å². The summed E-state index contributed by atoms with van der Waals surface area (Å²) in [5.74, 6) is -0.219. The van der Waals surface area contributed by atoms with Gasteiger partial charge in [-0.15, -0.1) is 0 Å². The summed E-state index contributed by atoms with van der Waals surface area (Å²) in [6.45, 7) is 2.08. The van der Waals surface area contributed by atoms with E-state index in [4.69, 9.17) is 0 Å². The highest BCUT2D eigenvalue weighted by atomic mass is 19.1. The van der Waals surface area contributed by atoms with Crippen molar-refractivity contribution in [3.63, 3.8) is 0 Å². The average molecular weight is 196 g/mol. The molecule has 1 nitrogen and oxygen atoms in total. The minimum atomic E-state index is -0.410. The molecule has 0 saturated carbocycles. The monoisotopic (exact) mass is 196 g/mol. The molecule has 0 saturated heterocycles. The Balaban J connectivity index is 2.47. The first-order chi connectivity index (χ1) is 6.74. The van der Waals surface area contributed by atoms with Crippen LogP contribution in [0.25, 0.3) is 0 Å². The summed E-state index contributed by atoms with van der Waals surface area (Å²) in [6, 6.07) is 6.62. The molecular weight excluding hydrogens is 179 g/mol. The largest absolute Gasteiger partial charge is 0.393 e. The van der Waals surface area contributed by atoms with E-state index in [2.05, 4.69) is 6.92 Å². The van der Waals surface area contributed by atoms with Gasteiger partial charge >= 0.3 is 0 Å². The number of aliphatic hydroxyl groups is 1. The van der Waals surface area contributed by atoms with Gasteiger partial charge in [0.2, 0.25) is 0 Å². The molecule has 1 unspecified atom stereocenters. The van der Waals surface area contributed by atoms with Gasteiger partial charge in [-0.1, -0.05) is 38.0 Å². The number of aliphatic hydroxyl groups excluding tert-OH is 1. The van der Waals surface area contributed by atoms with Crippen LogP contribution in [0.5, 0.6) is 0 Å². The Labute approximate surface area is 84.6 Å². The highest BCUT2D eigenvalue weighted by Crippen LogP contribution is 2.12. The van der Waals surface area contributed by atoms with Gasteiger partial charge in [-0.2, -0.15) is 0 Å². The van der Waals surface area contributed by atoms with E-state index in [0.717, 1.165) is 19.3 Å². The molecule has 0 aliphatic carbocycles. The van der Waals surface area contributed by atoms with Crippen LogP contribution in [-0.2, 0) is 6.42 Å². The molecule has 0 aliphatic rings. The van der Waals surface area contributed by atoms with Gasteiger partial charge in [-0.3, -0.25) is 0 Å². The van der Waals surface area contributed by atoms with Crippen LogP contribution in [0.3, 0.4) is 0 Å². The average Bonchev–Trinajstić information content (AvgIpc) is 2.18. The molecule has 0 aliphatic heterocycles. The lowest BCUT2D eigenvalue weighted by molar-refractivity contribution is 0.160. The molecule has 0 fully saturated rings. The van der Waals surface area contributed by atoms with Crippen molar-refractivity contribution in [2.75, 3.05) is 0 Å². The minimum Gasteiger partial charge on any atom is -0.393 e. The van der Waals surface area contributed by atoms with Crippen LogP contribution >= 0.6 is 0 Å². The predicted molar refractivity (Wildman–Crippen MR) is 55.6 cm³/mol. The molecular formula is C12H17FO. The van der Waals surface area contributed by atoms with Gasteiger partial charge < -0.3 is 5.11 Å². The second-order valence-electron chi connectivity index (χ2n) is 3.59. The Morgan fingerprint density at radius 3 is 2.71 bits per heavy atom. The van der Waals surface area contributed by atoms with Crippen molar-refractivity contribution >= 4 is 0 Å². The Hall–Kier alpha value is -0.890. The second-order valence-corrected chi connectivity index (χ2v) is 3.59. The summed E-state index contributed by atoms with van der Waals surface area (Å²) < 4.78 is 13.2. The van der Waals surface area contributed by atoms with Gasteiger partial charge in [0.1, 0.15) is 5.82 Å². The Kier molecular flexibility index (Phi) is 4.60. The normalized spacial score (nSPS) is 12.8. The zero-order chi connectivity index (χ0) is 10.4. The van der Waals surface area contributed by atoms with Crippen molar-refractivity contribution in [1.29, 1.82) is 0 Å². The van der Waals surface area contributed by atoms with E-state index >= 15 is 0 Å². The van der Waals surface area contributed by atoms with Crippen molar-refractivity contribution in [2.24, 2.45) is 0 Å². The highest BCUT2D eigenvalue weighted by Gasteiger charge is 2.07. The molecule has 1 aromatic carbocycles. The molecule has 0 radical (unpaired) electrons. The number of hydrogen-bond donors (Lipinski definition) is 1. The van der Waals surface area contributed by atoms with Crippen LogP contribution in [-0.4, -0.2) is 11.2 Å². The van der Waals surface area contributed by atoms with Crippen molar-refractivity contribution in [3.8, 4) is 0 Å². The molecule has 0 spiro atoms. The Morgan fingerprint density at radius 2 is 2.07 bits per heavy atom. The first-order valence-corrected chi connectivity index (χ1v) is 5.15. The van der Waals surface area contributed by atoms with E-state index in [1.165, 1.54) is 6.07 Å². The number of halogens is 1. The van der Waals surface area contributed by atoms with E-state index in [-0.39, 0.29) is 5.82 Å². The summed E-state index contributed by atoms with van der Waals surface area (Å²) in [4.78, 5) is 0. The molecule has 14 heavy (non-hydrogen) atoms. The van der Waals surface area contributed by atoms with Gasteiger partial charge in [0.15, 0.2) is 0 Å². The maximum Gasteiger partial charge on any atom is 0.126 e. The van der Waals surface area contributed by atoms with Crippen LogP contribution in [0.15, 0.2) is 24.3 Å². The van der Waals surface area contributed by atoms with Gasteiger partial charge in [0.25, 0.3) is 0 Å². The second kappa shape index (κ2) is 5.76. The zero-order valence-electron chi connectivity index (χ0n) is 8.54. The summed E-state index contributed by atoms with van der Waals surface area (Å²) >= 11 is 0. The molecule has 0 bridgehead atoms. The SMILES string of the molecule is CCCCC(O)Cc1ccccc1F. The fraction of sp³-hybridized carbons (Fsp3) is 0.500. The summed E-state index contributed by atoms with van der Waals surface area (Å²) in [5.41, 5.74) is 0.608. The maximum absolute atomic E-state index is 13.2. The van der Waals surface area contributed by atoms with Crippen LogP contribution < -0.4 is 0 Å². The first-order valence-electron chi connectivity index (χ1n) is 5.15. The van der Waals surface area contributed by atoms with E-state index in [0.29, 0.717) is 12.0 Å². The summed E-state index contributed by atoms with van der Waals surface area (Å²) in [5, 5.41) is 9.59. The standard InChI is InChI=1S/C12H17FO/c1-2-3-7-11(14)9-10-6-4-5-8-12(10)13/h4-6,8,11,14H,2-3,7,9H2,1H3. The van der Waals surface area contributed by atoms with E-state index in [1.807, 2.05) is 0 Å². The fourth-order valence-electron chi connectivity index (χ4n) is 1.46. The lowest BCUT2D eigenvalue weighted by Gasteiger charge is -2.10. The van der Waals surface area contributed by atoms with Crippen molar-refractivity contribution in [1.82, 2.24) is 0 Å². The van der Waals surface area contributed by atoms with E-state index in [9.17, 15) is 9.50 Å². The lowest BCUT2D eigenvalue weighted by Crippen LogP contribution is -2.11. The highest BCUT2D eigenvalue weighted by molar-refractivity contribution is 5.17. The minimum absolute atomic E-state index is 0.219. The number of benzene rings is 1. The van der Waals surface area contributed by atoms with Crippen molar-refractivity contribution < 1.29 is 9.50 Å². The van der Waals surface area contributed by atoms with Gasteiger partial charge in [-0.25, -0.2) is 4.39 Å². The Morgan fingerprint density at radius 1 is 1.36 bits per heavy atom. The van der Waals surface area contributed by atoms with Gasteiger partial charge in [0, 0.05) is 6.42 Å². The van der Waals surface area contributed by atoms with Crippen LogP contribution in [0, 0.1) is 5.82 Å². The van der Waals surface area contributed by atoms with Crippen molar-refractivity contribution in [3.05, 3.63) is 35.6 Å². The van der Waals surface area contributed by atoms with Crippen molar-refractivity contribution in [2.45, 2.75) is 38.7 Å². The third-order valence-electron chi connectivity index (χ3n) is 2.30. The molecule has 1 rings (SSSR count). The lowest BCUT2D eigenvalue weighted by atomic mass is 10.0. The summed E-state index contributed by atoms with van der Waals surface area (Å²) in [6.07, 6.45) is 2.83. The first kappa shape index (κ1) is 11.2. The van der Waals surface area contributed by atoms with Gasteiger partial charge in [0.05, 0.1) is 6.10 Å². The number of unbranched alkanes of at least 4 members (excludes halogenated alkanes) is 1. The Bertz CT molecular complexity index is 273. The molecule has 78 valence electrons. The molecule has 1 atom stereocenters. The predicted octanol–water partition coefficient (Wildman–Crippen LogP) is 2.92. The molecule has 0 heterocycles. The quantitative estimate of drug-likeness (QED) is 0.767. The third kappa shape index (κ3) is 3.46. The van der Waals surface area contributed by atoms with Crippen LogP contribution in [0.2, 0.25) is 0 Å². The molecule has 2 heteroatoms. The molecule has 1 N–H and O–H groups in total. The van der Waals surface area contributed by atoms with E-state index in [1.54, 1.807) is 18.2 Å². The zero-order valence-corrected chi connectivity index (χ0v) is 8.54. The number of hydrogen-bond acceptors (Lipinski definition) is 1. The molecule has 0 amide bonds. The third-order valence-corrected chi connectivity index (χ3v) is 2.30. The number of rotatable bonds is 5. The fourth-order valence-corrected chi connectivity index (χ4v) is 1.46.